The third-order valence-electron chi connectivity index (χ3n) is 4.13. The van der Waals surface area contributed by atoms with Crippen LogP contribution >= 0.6 is 15.9 Å². The molecule has 0 aliphatic rings. The summed E-state index contributed by atoms with van der Waals surface area (Å²) in [6.45, 7) is 2.17. The molecule has 0 bridgehead atoms. The number of aryl methyl sites for hydroxylation is 1. The Bertz CT molecular complexity index is 964. The minimum atomic E-state index is 0.924. The zero-order chi connectivity index (χ0) is 15.1. The lowest BCUT2D eigenvalue weighted by Gasteiger charge is -1.99. The Morgan fingerprint density at radius 2 is 1.68 bits per heavy atom. The Kier molecular flexibility index (Phi) is 3.27. The second kappa shape index (κ2) is 5.29. The van der Waals surface area contributed by atoms with E-state index < -0.39 is 0 Å². The second-order valence-electron chi connectivity index (χ2n) is 5.50. The average Bonchev–Trinajstić information content (AvgIpc) is 2.99. The van der Waals surface area contributed by atoms with Crippen molar-refractivity contribution >= 4 is 37.7 Å². The van der Waals surface area contributed by atoms with Gasteiger partial charge in [-0.2, -0.15) is 0 Å². The summed E-state index contributed by atoms with van der Waals surface area (Å²) in [5, 5.41) is 3.61. The molecular weight excluding hydrogens is 336 g/mol. The predicted molar refractivity (Wildman–Crippen MR) is 96.2 cm³/mol. The minimum absolute atomic E-state index is 0.924. The van der Waals surface area contributed by atoms with Crippen LogP contribution in [-0.4, -0.2) is 0 Å². The standard InChI is InChI=1S/C20H15BrO/c1-2-13-3-5-14(6-4-13)20-12-18-17-9-8-16(21)11-15(17)7-10-19(18)22-20/h3-12H,2H2,1H3. The van der Waals surface area contributed by atoms with Gasteiger partial charge in [0.25, 0.3) is 0 Å². The maximum absolute atomic E-state index is 6.05. The topological polar surface area (TPSA) is 13.1 Å². The molecule has 0 saturated carbocycles. The first-order valence-corrected chi connectivity index (χ1v) is 8.25. The number of benzene rings is 3. The molecule has 1 nitrogen and oxygen atoms in total. The van der Waals surface area contributed by atoms with Crippen molar-refractivity contribution in [3.63, 3.8) is 0 Å². The normalized spacial score (nSPS) is 11.4. The van der Waals surface area contributed by atoms with Gasteiger partial charge < -0.3 is 4.42 Å². The molecule has 0 N–H and O–H groups in total. The smallest absolute Gasteiger partial charge is 0.135 e. The van der Waals surface area contributed by atoms with Crippen LogP contribution in [-0.2, 0) is 6.42 Å². The van der Waals surface area contributed by atoms with Gasteiger partial charge in [-0.1, -0.05) is 59.3 Å². The van der Waals surface area contributed by atoms with Crippen molar-refractivity contribution < 1.29 is 4.42 Å². The van der Waals surface area contributed by atoms with Gasteiger partial charge in [0.15, 0.2) is 0 Å². The van der Waals surface area contributed by atoms with E-state index in [0.717, 1.165) is 27.8 Å². The van der Waals surface area contributed by atoms with E-state index >= 15 is 0 Å². The summed E-state index contributed by atoms with van der Waals surface area (Å²) in [7, 11) is 0. The van der Waals surface area contributed by atoms with Crippen molar-refractivity contribution in [3.05, 3.63) is 70.7 Å². The Labute approximate surface area is 137 Å². The monoisotopic (exact) mass is 350 g/mol. The van der Waals surface area contributed by atoms with E-state index in [9.17, 15) is 0 Å². The molecule has 1 heterocycles. The predicted octanol–water partition coefficient (Wildman–Crippen LogP) is 6.58. The molecule has 0 saturated heterocycles. The van der Waals surface area contributed by atoms with Crippen molar-refractivity contribution in [1.29, 1.82) is 0 Å². The van der Waals surface area contributed by atoms with Gasteiger partial charge >= 0.3 is 0 Å². The second-order valence-corrected chi connectivity index (χ2v) is 6.42. The van der Waals surface area contributed by atoms with Crippen molar-refractivity contribution in [2.24, 2.45) is 0 Å². The van der Waals surface area contributed by atoms with E-state index in [1.165, 1.54) is 21.7 Å². The first-order valence-electron chi connectivity index (χ1n) is 7.46. The zero-order valence-corrected chi connectivity index (χ0v) is 13.9. The Morgan fingerprint density at radius 3 is 2.45 bits per heavy atom. The summed E-state index contributed by atoms with van der Waals surface area (Å²) in [5.41, 5.74) is 3.40. The number of rotatable bonds is 2. The molecule has 0 unspecified atom stereocenters. The molecule has 108 valence electrons. The minimum Gasteiger partial charge on any atom is -0.456 e. The molecule has 2 heteroatoms. The molecule has 3 aromatic carbocycles. The van der Waals surface area contributed by atoms with Gasteiger partial charge in [-0.3, -0.25) is 0 Å². The van der Waals surface area contributed by atoms with Crippen molar-refractivity contribution in [1.82, 2.24) is 0 Å². The van der Waals surface area contributed by atoms with Crippen molar-refractivity contribution in [2.75, 3.05) is 0 Å². The fourth-order valence-electron chi connectivity index (χ4n) is 2.87. The SMILES string of the molecule is CCc1ccc(-c2cc3c(ccc4cc(Br)ccc43)o2)cc1. The van der Waals surface area contributed by atoms with E-state index in [2.05, 4.69) is 77.5 Å². The first kappa shape index (κ1) is 13.6. The lowest BCUT2D eigenvalue weighted by atomic mass is 10.1. The number of hydrogen-bond donors (Lipinski definition) is 0. The fourth-order valence-corrected chi connectivity index (χ4v) is 3.25. The maximum atomic E-state index is 6.05. The lowest BCUT2D eigenvalue weighted by Crippen LogP contribution is -1.79. The van der Waals surface area contributed by atoms with E-state index in [0.29, 0.717) is 0 Å². The van der Waals surface area contributed by atoms with E-state index in [1.54, 1.807) is 0 Å². The number of halogens is 1. The van der Waals surface area contributed by atoms with E-state index in [-0.39, 0.29) is 0 Å². The number of hydrogen-bond acceptors (Lipinski definition) is 1. The van der Waals surface area contributed by atoms with Crippen LogP contribution in [0, 0.1) is 0 Å². The van der Waals surface area contributed by atoms with Crippen LogP contribution < -0.4 is 0 Å². The molecule has 4 aromatic rings. The highest BCUT2D eigenvalue weighted by molar-refractivity contribution is 9.10. The summed E-state index contributed by atoms with van der Waals surface area (Å²) in [6, 6.07) is 21.2. The van der Waals surface area contributed by atoms with Gasteiger partial charge in [-0.05, 0) is 47.0 Å². The Morgan fingerprint density at radius 1 is 0.864 bits per heavy atom. The molecule has 4 rings (SSSR count). The third kappa shape index (κ3) is 2.24. The van der Waals surface area contributed by atoms with E-state index in [4.69, 9.17) is 4.42 Å². The zero-order valence-electron chi connectivity index (χ0n) is 12.3. The highest BCUT2D eigenvalue weighted by Gasteiger charge is 2.09. The quantitative estimate of drug-likeness (QED) is 0.398. The van der Waals surface area contributed by atoms with Gasteiger partial charge in [-0.15, -0.1) is 0 Å². The summed E-state index contributed by atoms with van der Waals surface area (Å²) in [6.07, 6.45) is 1.06. The molecule has 0 aliphatic heterocycles. The van der Waals surface area contributed by atoms with Crippen LogP contribution in [0.2, 0.25) is 0 Å². The van der Waals surface area contributed by atoms with Gasteiger partial charge in [0.2, 0.25) is 0 Å². The summed E-state index contributed by atoms with van der Waals surface area (Å²) in [4.78, 5) is 0. The highest BCUT2D eigenvalue weighted by Crippen LogP contribution is 2.33. The molecule has 0 atom stereocenters. The Balaban J connectivity index is 1.90. The molecule has 0 fully saturated rings. The van der Waals surface area contributed by atoms with Gasteiger partial charge in [0.05, 0.1) is 0 Å². The van der Waals surface area contributed by atoms with Crippen LogP contribution in [0.4, 0.5) is 0 Å². The van der Waals surface area contributed by atoms with Crippen LogP contribution in [0.3, 0.4) is 0 Å². The molecule has 1 aromatic heterocycles. The summed E-state index contributed by atoms with van der Waals surface area (Å²) >= 11 is 3.53. The summed E-state index contributed by atoms with van der Waals surface area (Å²) < 4.78 is 7.15. The van der Waals surface area contributed by atoms with Gasteiger partial charge in [-0.25, -0.2) is 0 Å². The number of furan rings is 1. The average molecular weight is 351 g/mol. The van der Waals surface area contributed by atoms with E-state index in [1.807, 2.05) is 6.07 Å². The molecule has 0 aliphatic carbocycles. The van der Waals surface area contributed by atoms with Crippen LogP contribution in [0.25, 0.3) is 33.1 Å². The maximum Gasteiger partial charge on any atom is 0.135 e. The molecule has 0 amide bonds. The van der Waals surface area contributed by atoms with Crippen molar-refractivity contribution in [3.8, 4) is 11.3 Å². The Hall–Kier alpha value is -2.06. The van der Waals surface area contributed by atoms with Crippen LogP contribution in [0.1, 0.15) is 12.5 Å². The highest BCUT2D eigenvalue weighted by atomic mass is 79.9. The third-order valence-corrected chi connectivity index (χ3v) is 4.62. The molecule has 0 radical (unpaired) electrons. The summed E-state index contributed by atoms with van der Waals surface area (Å²) in [5.74, 6) is 0.924. The first-order chi connectivity index (χ1) is 10.7. The molecular formula is C20H15BrO. The van der Waals surface area contributed by atoms with Gasteiger partial charge in [0, 0.05) is 15.4 Å². The van der Waals surface area contributed by atoms with Crippen LogP contribution in [0.5, 0.6) is 0 Å². The molecule has 22 heavy (non-hydrogen) atoms. The van der Waals surface area contributed by atoms with Gasteiger partial charge in [0.1, 0.15) is 11.3 Å². The van der Waals surface area contributed by atoms with Crippen LogP contribution in [0.15, 0.2) is 69.6 Å². The molecule has 0 spiro atoms. The fraction of sp³-hybridized carbons (Fsp3) is 0.100. The largest absolute Gasteiger partial charge is 0.456 e. The number of fused-ring (bicyclic) bond motifs is 3. The lowest BCUT2D eigenvalue weighted by molar-refractivity contribution is 0.632. The van der Waals surface area contributed by atoms with Crippen molar-refractivity contribution in [2.45, 2.75) is 13.3 Å².